The van der Waals surface area contributed by atoms with Gasteiger partial charge in [0, 0.05) is 6.42 Å². The van der Waals surface area contributed by atoms with Crippen LogP contribution in [0.4, 0.5) is 0 Å². The molecule has 0 amide bonds. The molecule has 0 aromatic carbocycles. The normalized spacial score (nSPS) is 27.8. The number of hydrogen-bond acceptors (Lipinski definition) is 1. The number of piperidine rings is 1. The average molecular weight is 114 g/mol. The highest BCUT2D eigenvalue weighted by Crippen LogP contribution is 2.17. The second-order valence-electron chi connectivity index (χ2n) is 2.58. The molecule has 0 bridgehead atoms. The van der Waals surface area contributed by atoms with E-state index >= 15 is 0 Å². The molecule has 1 aliphatic rings. The first-order valence-electron chi connectivity index (χ1n) is 3.11. The Morgan fingerprint density at radius 1 is 1.50 bits per heavy atom. The Kier molecular flexibility index (Phi) is 1.54. The average Bonchev–Trinajstić information content (AvgIpc) is 1.65. The molecular weight excluding hydrogens is 102 g/mol. The lowest BCUT2D eigenvalue weighted by Crippen LogP contribution is -2.37. The Balaban J connectivity index is 2.33. The van der Waals surface area contributed by atoms with E-state index in [9.17, 15) is 5.21 Å². The van der Waals surface area contributed by atoms with E-state index in [2.05, 4.69) is 0 Å². The van der Waals surface area contributed by atoms with E-state index in [4.69, 9.17) is 0 Å². The lowest BCUT2D eigenvalue weighted by molar-refractivity contribution is -0.835. The Morgan fingerprint density at radius 2 is 2.25 bits per heavy atom. The molecule has 0 spiro atoms. The van der Waals surface area contributed by atoms with Crippen molar-refractivity contribution >= 4 is 0 Å². The molecule has 47 valence electrons. The molecule has 1 saturated heterocycles. The summed E-state index contributed by atoms with van der Waals surface area (Å²) in [6.45, 7) is 2.61. The summed E-state index contributed by atoms with van der Waals surface area (Å²) < 4.78 is -0.125. The molecule has 0 saturated carbocycles. The molecule has 0 aliphatic carbocycles. The van der Waals surface area contributed by atoms with Crippen molar-refractivity contribution in [3.8, 4) is 0 Å². The van der Waals surface area contributed by atoms with Gasteiger partial charge in [-0.1, -0.05) is 0 Å². The summed E-state index contributed by atoms with van der Waals surface area (Å²) >= 11 is 0. The first-order chi connectivity index (χ1) is 3.71. The van der Waals surface area contributed by atoms with Gasteiger partial charge in [0.2, 0.25) is 0 Å². The molecule has 0 aromatic heterocycles. The first-order valence-corrected chi connectivity index (χ1v) is 3.11. The minimum Gasteiger partial charge on any atom is -0.633 e. The number of likely N-dealkylation sites (tertiary alicyclic amines) is 1. The fraction of sp³-hybridized carbons (Fsp3) is 0.833. The van der Waals surface area contributed by atoms with Crippen LogP contribution in [0.1, 0.15) is 19.3 Å². The lowest BCUT2D eigenvalue weighted by Gasteiger charge is -2.40. The van der Waals surface area contributed by atoms with E-state index in [1.807, 2.05) is 6.54 Å². The Morgan fingerprint density at radius 3 is 2.50 bits per heavy atom. The van der Waals surface area contributed by atoms with Crippen LogP contribution in [0.3, 0.4) is 0 Å². The van der Waals surface area contributed by atoms with Gasteiger partial charge in [-0.15, -0.1) is 0 Å². The molecule has 1 fully saturated rings. The molecule has 1 unspecified atom stereocenters. The molecule has 1 atom stereocenters. The molecule has 8 heavy (non-hydrogen) atoms. The molecule has 1 rings (SSSR count). The first kappa shape index (κ1) is 6.05. The van der Waals surface area contributed by atoms with Crippen LogP contribution in [0.5, 0.6) is 0 Å². The van der Waals surface area contributed by atoms with Gasteiger partial charge in [-0.05, 0) is 12.8 Å². The van der Waals surface area contributed by atoms with Crippen molar-refractivity contribution in [2.45, 2.75) is 19.3 Å². The predicted octanol–water partition coefficient (Wildman–Crippen LogP) is 1.28. The zero-order valence-electron chi connectivity index (χ0n) is 5.26. The van der Waals surface area contributed by atoms with Gasteiger partial charge in [-0.2, -0.15) is 0 Å². The third-order valence-corrected chi connectivity index (χ3v) is 1.57. The summed E-state index contributed by atoms with van der Waals surface area (Å²) in [6, 6.07) is 0. The minimum absolute atomic E-state index is 0.125. The fourth-order valence-electron chi connectivity index (χ4n) is 1.03. The molecule has 2 heteroatoms. The van der Waals surface area contributed by atoms with Crippen LogP contribution in [-0.2, 0) is 0 Å². The summed E-state index contributed by atoms with van der Waals surface area (Å²) in [5, 5.41) is 11.0. The summed E-state index contributed by atoms with van der Waals surface area (Å²) in [6.07, 6.45) is 3.30. The van der Waals surface area contributed by atoms with E-state index < -0.39 is 0 Å². The van der Waals surface area contributed by atoms with Crippen molar-refractivity contribution in [2.24, 2.45) is 0 Å². The van der Waals surface area contributed by atoms with Crippen LogP contribution < -0.4 is 0 Å². The quantitative estimate of drug-likeness (QED) is 0.343. The fourth-order valence-corrected chi connectivity index (χ4v) is 1.03. The maximum absolute atomic E-state index is 11.0. The van der Waals surface area contributed by atoms with Crippen LogP contribution in [0.2, 0.25) is 0 Å². The van der Waals surface area contributed by atoms with E-state index in [0.29, 0.717) is 0 Å². The summed E-state index contributed by atoms with van der Waals surface area (Å²) in [5.74, 6) is 0. The van der Waals surface area contributed by atoms with Crippen molar-refractivity contribution in [3.63, 3.8) is 0 Å². The highest BCUT2D eigenvalue weighted by molar-refractivity contribution is 4.60. The van der Waals surface area contributed by atoms with Crippen molar-refractivity contribution in [2.75, 3.05) is 13.6 Å². The number of hydroxylamine groups is 3. The Labute approximate surface area is 50.3 Å². The van der Waals surface area contributed by atoms with Gasteiger partial charge in [0.1, 0.15) is 6.54 Å². The number of hydrogen-bond donors (Lipinski definition) is 0. The van der Waals surface area contributed by atoms with Gasteiger partial charge in [-0.25, -0.2) is 0 Å². The van der Waals surface area contributed by atoms with Crippen LogP contribution in [0.15, 0.2) is 0 Å². The van der Waals surface area contributed by atoms with Crippen LogP contribution >= 0.6 is 0 Å². The number of rotatable bonds is 0. The zero-order chi connectivity index (χ0) is 6.04. The molecular formula is C6H12NO. The zero-order valence-corrected chi connectivity index (χ0v) is 5.26. The van der Waals surface area contributed by atoms with Crippen LogP contribution in [0, 0.1) is 11.8 Å². The van der Waals surface area contributed by atoms with Crippen molar-refractivity contribution in [1.29, 1.82) is 0 Å². The predicted molar refractivity (Wildman–Crippen MR) is 32.6 cm³/mol. The van der Waals surface area contributed by atoms with Gasteiger partial charge in [0.25, 0.3) is 0 Å². The summed E-state index contributed by atoms with van der Waals surface area (Å²) in [7, 11) is 1.71. The van der Waals surface area contributed by atoms with Crippen molar-refractivity contribution in [3.05, 3.63) is 11.8 Å². The lowest BCUT2D eigenvalue weighted by atomic mass is 10.1. The second-order valence-corrected chi connectivity index (χ2v) is 2.58. The minimum atomic E-state index is -0.125. The second kappa shape index (κ2) is 2.03. The summed E-state index contributed by atoms with van der Waals surface area (Å²) in [5.41, 5.74) is 0. The Bertz CT molecular complexity index is 72.6. The SMILES string of the molecule is C[N+]1([O-])[CH]CCCC1. The van der Waals surface area contributed by atoms with E-state index in [1.165, 1.54) is 6.42 Å². The van der Waals surface area contributed by atoms with Crippen molar-refractivity contribution < 1.29 is 4.65 Å². The monoisotopic (exact) mass is 114 g/mol. The van der Waals surface area contributed by atoms with Gasteiger partial charge in [0.05, 0.1) is 13.6 Å². The maximum Gasteiger partial charge on any atom is 0.141 e. The van der Waals surface area contributed by atoms with E-state index in [0.717, 1.165) is 19.4 Å². The Hall–Kier alpha value is -0.0800. The molecule has 0 aromatic rings. The van der Waals surface area contributed by atoms with Gasteiger partial charge < -0.3 is 9.85 Å². The third kappa shape index (κ3) is 1.46. The standard InChI is InChI=1S/C6H12NO/c1-7(8)5-3-2-4-6-7/h5H,2-4,6H2,1H3. The van der Waals surface area contributed by atoms with Gasteiger partial charge in [-0.3, -0.25) is 0 Å². The largest absolute Gasteiger partial charge is 0.633 e. The highest BCUT2D eigenvalue weighted by Gasteiger charge is 2.14. The number of quaternary nitrogens is 1. The van der Waals surface area contributed by atoms with Crippen LogP contribution in [0.25, 0.3) is 0 Å². The van der Waals surface area contributed by atoms with Crippen molar-refractivity contribution in [1.82, 2.24) is 0 Å². The molecule has 1 aliphatic heterocycles. The molecule has 0 N–H and O–H groups in total. The highest BCUT2D eigenvalue weighted by atomic mass is 16.5. The molecule has 2 nitrogen and oxygen atoms in total. The topological polar surface area (TPSA) is 23.1 Å². The third-order valence-electron chi connectivity index (χ3n) is 1.57. The van der Waals surface area contributed by atoms with Gasteiger partial charge >= 0.3 is 0 Å². The van der Waals surface area contributed by atoms with Crippen LogP contribution in [-0.4, -0.2) is 18.2 Å². The molecule has 1 heterocycles. The van der Waals surface area contributed by atoms with E-state index in [-0.39, 0.29) is 4.65 Å². The summed E-state index contributed by atoms with van der Waals surface area (Å²) in [4.78, 5) is 0. The van der Waals surface area contributed by atoms with E-state index in [1.54, 1.807) is 7.05 Å². The van der Waals surface area contributed by atoms with Gasteiger partial charge in [0.15, 0.2) is 0 Å². The number of nitrogens with zero attached hydrogens (tertiary/aromatic N) is 1. The smallest absolute Gasteiger partial charge is 0.141 e. The maximum atomic E-state index is 11.0. The molecule has 1 radical (unpaired) electrons.